The number of phenols is 2. The van der Waals surface area contributed by atoms with Crippen molar-refractivity contribution in [2.45, 2.75) is 107 Å². The second-order valence-electron chi connectivity index (χ2n) is 14.6. The Bertz CT molecular complexity index is 1720. The maximum Gasteiger partial charge on any atom is 2.00 e. The predicted molar refractivity (Wildman–Crippen MR) is 211 cm³/mol. The Morgan fingerprint density at radius 3 is 1.28 bits per heavy atom. The summed E-state index contributed by atoms with van der Waals surface area (Å²) in [5.41, 5.74) is 7.38. The van der Waals surface area contributed by atoms with Gasteiger partial charge >= 0.3 is 16.8 Å². The third-order valence-corrected chi connectivity index (χ3v) is 8.27. The molecule has 0 saturated carbocycles. The van der Waals surface area contributed by atoms with E-state index in [-0.39, 0.29) is 28.6 Å². The number of fused-ring (bicyclic) bond motifs is 1. The summed E-state index contributed by atoms with van der Waals surface area (Å²) in [7, 11) is 0. The molecule has 8 nitrogen and oxygen atoms in total. The molecule has 0 aliphatic carbocycles. The second-order valence-corrected chi connectivity index (χ2v) is 14.6. The number of aryl methyl sites for hydroxylation is 2. The number of aromatic hydroxyl groups is 2. The van der Waals surface area contributed by atoms with Crippen molar-refractivity contribution in [3.8, 4) is 11.5 Å². The third-order valence-electron chi connectivity index (χ3n) is 8.27. The van der Waals surface area contributed by atoms with Crippen LogP contribution in [0.15, 0.2) is 70.6 Å². The van der Waals surface area contributed by atoms with E-state index in [4.69, 9.17) is 29.8 Å². The summed E-state index contributed by atoms with van der Waals surface area (Å²) in [5, 5.41) is 42.1. The normalized spacial score (nSPS) is 11.2. The summed E-state index contributed by atoms with van der Waals surface area (Å²) in [5.74, 6) is 0.0554. The molecule has 53 heavy (non-hydrogen) atoms. The molecule has 0 aliphatic heterocycles. The van der Waals surface area contributed by atoms with Crippen molar-refractivity contribution >= 4 is 46.5 Å². The standard InChI is InChI=1S/C40H50N2O2.2C2H4O2.Co/c1-25(2)15-17-29-19-32(39(43)34(21-29)27(5)6)23-41-36-13-9-11-31-12-10-14-37(38(31)36)42-24-33-20-30(18-16-26(3)4)22-35(28(7)8)40(33)44;2*1-2(3)4;/h9-14,19-28,43-44H,15-18H2,1-8H3;2*1H3,(H,3,4);/q;;;+2/p-2. The molecule has 0 spiro atoms. The van der Waals surface area contributed by atoms with Gasteiger partial charge in [-0.25, -0.2) is 0 Å². The largest absolute Gasteiger partial charge is 2.00 e. The number of phenolic OH excluding ortho intramolecular Hbond substituents is 2. The molecule has 0 unspecified atom stereocenters. The number of hydrogen-bond donors (Lipinski definition) is 2. The number of carbonyl (C=O) groups excluding carboxylic acids is 2. The molecule has 0 fully saturated rings. The Balaban J connectivity index is 0.00000142. The van der Waals surface area contributed by atoms with E-state index in [1.54, 1.807) is 12.4 Å². The Kier molecular flexibility index (Phi) is 19.8. The van der Waals surface area contributed by atoms with Crippen LogP contribution in [0.1, 0.15) is 127 Å². The molecule has 0 saturated heterocycles. The van der Waals surface area contributed by atoms with Crippen molar-refractivity contribution in [2.24, 2.45) is 21.8 Å². The van der Waals surface area contributed by atoms with E-state index >= 15 is 0 Å². The molecular weight excluding hydrogens is 711 g/mol. The molecule has 4 rings (SSSR count). The van der Waals surface area contributed by atoms with Gasteiger partial charge in [-0.1, -0.05) is 91.8 Å². The van der Waals surface area contributed by atoms with Gasteiger partial charge in [0.2, 0.25) is 0 Å². The van der Waals surface area contributed by atoms with Gasteiger partial charge in [-0.05, 0) is 115 Å². The molecule has 9 heteroatoms. The maximum atomic E-state index is 11.2. The van der Waals surface area contributed by atoms with Crippen LogP contribution in [0.2, 0.25) is 0 Å². The number of benzene rings is 4. The van der Waals surface area contributed by atoms with Gasteiger partial charge in [0.25, 0.3) is 0 Å². The molecule has 0 amide bonds. The van der Waals surface area contributed by atoms with Crippen molar-refractivity contribution < 1.29 is 46.8 Å². The van der Waals surface area contributed by atoms with Gasteiger partial charge in [-0.15, -0.1) is 0 Å². The first-order valence-electron chi connectivity index (χ1n) is 18.1. The molecule has 4 aromatic rings. The average Bonchev–Trinajstić information content (AvgIpc) is 3.05. The SMILES string of the molecule is CC(=O)[O-].CC(=O)[O-].CC(C)CCc1cc(C=Nc2cccc3cccc(N=Cc4cc(CCC(C)C)cc(C(C)C)c4O)c23)c(O)c(C(C)C)c1.[Co+2]. The van der Waals surface area contributed by atoms with Gasteiger partial charge < -0.3 is 30.0 Å². The minimum absolute atomic E-state index is 0. The summed E-state index contributed by atoms with van der Waals surface area (Å²) in [6.45, 7) is 19.3. The molecular formula is C44H56CoN2O6. The van der Waals surface area contributed by atoms with Crippen LogP contribution in [0.3, 0.4) is 0 Å². The molecule has 0 aromatic heterocycles. The van der Waals surface area contributed by atoms with Crippen molar-refractivity contribution in [3.63, 3.8) is 0 Å². The van der Waals surface area contributed by atoms with Crippen LogP contribution in [0.25, 0.3) is 10.8 Å². The second kappa shape index (κ2) is 22.6. The number of nitrogens with zero attached hydrogens (tertiary/aromatic N) is 2. The van der Waals surface area contributed by atoms with Crippen LogP contribution in [0, 0.1) is 11.8 Å². The monoisotopic (exact) mass is 767 g/mol. The molecule has 0 atom stereocenters. The molecule has 4 aromatic carbocycles. The Labute approximate surface area is 326 Å². The molecule has 0 bridgehead atoms. The van der Waals surface area contributed by atoms with E-state index in [2.05, 4.69) is 91.8 Å². The van der Waals surface area contributed by atoms with Crippen molar-refractivity contribution in [3.05, 3.63) is 94.0 Å². The minimum atomic E-state index is -1.08. The fourth-order valence-electron chi connectivity index (χ4n) is 5.56. The fourth-order valence-corrected chi connectivity index (χ4v) is 5.56. The summed E-state index contributed by atoms with van der Waals surface area (Å²) in [6.07, 6.45) is 7.70. The smallest absolute Gasteiger partial charge is 0.550 e. The maximum absolute atomic E-state index is 11.2. The summed E-state index contributed by atoms with van der Waals surface area (Å²) < 4.78 is 0. The van der Waals surface area contributed by atoms with Gasteiger partial charge in [0.1, 0.15) is 11.5 Å². The van der Waals surface area contributed by atoms with Gasteiger partial charge in [-0.3, -0.25) is 9.98 Å². The van der Waals surface area contributed by atoms with Crippen LogP contribution < -0.4 is 10.2 Å². The van der Waals surface area contributed by atoms with Crippen LogP contribution in [-0.2, 0) is 39.2 Å². The zero-order valence-corrected chi connectivity index (χ0v) is 33.9. The van der Waals surface area contributed by atoms with E-state index < -0.39 is 11.9 Å². The van der Waals surface area contributed by atoms with Gasteiger partial charge in [0, 0.05) is 40.9 Å². The van der Waals surface area contributed by atoms with E-state index in [1.165, 1.54) is 11.1 Å². The Hall–Kier alpha value is -4.47. The first-order chi connectivity index (χ1) is 24.4. The number of hydrogen-bond acceptors (Lipinski definition) is 8. The van der Waals surface area contributed by atoms with E-state index in [1.807, 2.05) is 24.3 Å². The Morgan fingerprint density at radius 2 is 0.981 bits per heavy atom. The van der Waals surface area contributed by atoms with E-state index in [0.717, 1.165) is 83.9 Å². The third kappa shape index (κ3) is 15.6. The van der Waals surface area contributed by atoms with Gasteiger partial charge in [0.05, 0.1) is 11.4 Å². The summed E-state index contributed by atoms with van der Waals surface area (Å²) in [4.78, 5) is 27.6. The predicted octanol–water partition coefficient (Wildman–Crippen LogP) is 8.69. The van der Waals surface area contributed by atoms with Crippen molar-refractivity contribution in [2.75, 3.05) is 0 Å². The average molecular weight is 768 g/mol. The number of carbonyl (C=O) groups is 2. The molecule has 0 heterocycles. The number of carboxylic acids is 2. The van der Waals surface area contributed by atoms with Crippen LogP contribution in [-0.4, -0.2) is 34.6 Å². The molecule has 287 valence electrons. The van der Waals surface area contributed by atoms with E-state index in [9.17, 15) is 10.2 Å². The van der Waals surface area contributed by atoms with Crippen molar-refractivity contribution in [1.82, 2.24) is 0 Å². The fraction of sp³-hybridized carbons (Fsp3) is 0.409. The zero-order chi connectivity index (χ0) is 39.1. The number of carboxylic acid groups (broad SMARTS) is 2. The molecule has 2 N–H and O–H groups in total. The topological polar surface area (TPSA) is 145 Å². The number of aliphatic imine (C=N–C) groups is 2. The molecule has 1 radical (unpaired) electrons. The first kappa shape index (κ1) is 46.5. The van der Waals surface area contributed by atoms with Gasteiger partial charge in [-0.2, -0.15) is 0 Å². The van der Waals surface area contributed by atoms with Crippen LogP contribution >= 0.6 is 0 Å². The summed E-state index contributed by atoms with van der Waals surface area (Å²) >= 11 is 0. The number of aliphatic carboxylic acids is 2. The number of rotatable bonds is 12. The van der Waals surface area contributed by atoms with Gasteiger partial charge in [0.15, 0.2) is 0 Å². The summed E-state index contributed by atoms with van der Waals surface area (Å²) in [6, 6.07) is 20.5. The zero-order valence-electron chi connectivity index (χ0n) is 32.8. The van der Waals surface area contributed by atoms with Crippen LogP contribution in [0.4, 0.5) is 11.4 Å². The Morgan fingerprint density at radius 1 is 0.642 bits per heavy atom. The minimum Gasteiger partial charge on any atom is -0.550 e. The first-order valence-corrected chi connectivity index (χ1v) is 18.1. The van der Waals surface area contributed by atoms with Crippen LogP contribution in [0.5, 0.6) is 11.5 Å². The molecule has 0 aliphatic rings. The van der Waals surface area contributed by atoms with Crippen molar-refractivity contribution in [1.29, 1.82) is 0 Å². The quantitative estimate of drug-likeness (QED) is 0.138. The van der Waals surface area contributed by atoms with E-state index in [0.29, 0.717) is 23.3 Å².